The van der Waals surface area contributed by atoms with E-state index in [-0.39, 0.29) is 5.82 Å². The van der Waals surface area contributed by atoms with E-state index >= 15 is 0 Å². The van der Waals surface area contributed by atoms with E-state index < -0.39 is 16.4 Å². The van der Waals surface area contributed by atoms with Gasteiger partial charge in [0.1, 0.15) is 5.82 Å². The first-order chi connectivity index (χ1) is 9.04. The zero-order valence-electron chi connectivity index (χ0n) is 9.59. The molecular formula is C13H8F2N2O2. The number of halogens is 2. The molecule has 6 heteroatoms. The van der Waals surface area contributed by atoms with Gasteiger partial charge in [-0.3, -0.25) is 10.1 Å². The normalized spacial score (nSPS) is 8.89. The highest BCUT2D eigenvalue weighted by Gasteiger charge is 2.10. The van der Waals surface area contributed by atoms with Crippen LogP contribution in [0.15, 0.2) is 48.5 Å². The molecule has 0 saturated carbocycles. The molecule has 0 heterocycles. The van der Waals surface area contributed by atoms with Crippen LogP contribution in [-0.2, 0) is 0 Å². The molecule has 0 spiro atoms. The highest BCUT2D eigenvalue weighted by molar-refractivity contribution is 5.30. The third kappa shape index (κ3) is 4.52. The molecule has 0 aromatic heterocycles. The molecule has 0 N–H and O–H groups in total. The van der Waals surface area contributed by atoms with Gasteiger partial charge in [0.05, 0.1) is 16.6 Å². The second-order valence-corrected chi connectivity index (χ2v) is 3.33. The van der Waals surface area contributed by atoms with E-state index in [4.69, 9.17) is 5.26 Å². The maximum absolute atomic E-state index is 12.4. The summed E-state index contributed by atoms with van der Waals surface area (Å²) in [6, 6.07) is 12.3. The smallest absolute Gasteiger partial charge is 0.258 e. The van der Waals surface area contributed by atoms with Crippen molar-refractivity contribution in [2.45, 2.75) is 0 Å². The Hall–Kier alpha value is -2.81. The third-order valence-corrected chi connectivity index (χ3v) is 2.02. The van der Waals surface area contributed by atoms with Gasteiger partial charge in [-0.25, -0.2) is 4.39 Å². The van der Waals surface area contributed by atoms with Crippen molar-refractivity contribution in [2.75, 3.05) is 0 Å². The molecule has 96 valence electrons. The summed E-state index contributed by atoms with van der Waals surface area (Å²) < 4.78 is 24.5. The molecule has 2 aromatic carbocycles. The standard InChI is InChI=1S/C7H4FN.C6H4FNO2/c8-7-3-1-6(5-9)2-4-7;7-5-3-1-2-4-6(5)8(9)10/h1-4H;1-4H. The second-order valence-electron chi connectivity index (χ2n) is 3.33. The number of nitro benzene ring substituents is 1. The lowest BCUT2D eigenvalue weighted by Crippen LogP contribution is -1.90. The number of rotatable bonds is 1. The van der Waals surface area contributed by atoms with Gasteiger partial charge in [-0.05, 0) is 30.3 Å². The molecular weight excluding hydrogens is 254 g/mol. The van der Waals surface area contributed by atoms with Crippen LogP contribution in [0.25, 0.3) is 0 Å². The van der Waals surface area contributed by atoms with Gasteiger partial charge in [-0.2, -0.15) is 9.65 Å². The van der Waals surface area contributed by atoms with E-state index in [0.29, 0.717) is 5.56 Å². The van der Waals surface area contributed by atoms with E-state index in [1.807, 2.05) is 6.07 Å². The molecule has 0 aliphatic carbocycles. The number of hydrogen-bond acceptors (Lipinski definition) is 3. The van der Waals surface area contributed by atoms with Crippen LogP contribution in [-0.4, -0.2) is 4.92 Å². The first kappa shape index (κ1) is 14.3. The largest absolute Gasteiger partial charge is 0.304 e. The van der Waals surface area contributed by atoms with Crippen molar-refractivity contribution in [1.29, 1.82) is 5.26 Å². The van der Waals surface area contributed by atoms with E-state index in [9.17, 15) is 18.9 Å². The number of para-hydroxylation sites is 1. The summed E-state index contributed by atoms with van der Waals surface area (Å²) >= 11 is 0. The summed E-state index contributed by atoms with van der Waals surface area (Å²) in [4.78, 5) is 9.23. The van der Waals surface area contributed by atoms with E-state index in [2.05, 4.69) is 0 Å². The van der Waals surface area contributed by atoms with E-state index in [1.54, 1.807) is 0 Å². The fourth-order valence-electron chi connectivity index (χ4n) is 1.12. The van der Waals surface area contributed by atoms with Crippen molar-refractivity contribution in [1.82, 2.24) is 0 Å². The van der Waals surface area contributed by atoms with Crippen LogP contribution < -0.4 is 0 Å². The Morgan fingerprint density at radius 2 is 1.63 bits per heavy atom. The van der Waals surface area contributed by atoms with Gasteiger partial charge in [0, 0.05) is 6.07 Å². The number of nitro groups is 1. The monoisotopic (exact) mass is 262 g/mol. The lowest BCUT2D eigenvalue weighted by atomic mass is 10.2. The van der Waals surface area contributed by atoms with Gasteiger partial charge in [0.15, 0.2) is 0 Å². The van der Waals surface area contributed by atoms with Crippen LogP contribution >= 0.6 is 0 Å². The summed E-state index contributed by atoms with van der Waals surface area (Å²) in [5.74, 6) is -1.11. The molecule has 0 amide bonds. The predicted octanol–water partition coefficient (Wildman–Crippen LogP) is 3.43. The molecule has 0 unspecified atom stereocenters. The topological polar surface area (TPSA) is 66.9 Å². The van der Waals surface area contributed by atoms with Crippen LogP contribution in [0.5, 0.6) is 0 Å². The Bertz CT molecular complexity index is 607. The summed E-state index contributed by atoms with van der Waals surface area (Å²) in [6.45, 7) is 0. The summed E-state index contributed by atoms with van der Waals surface area (Å²) in [6.07, 6.45) is 0. The number of nitriles is 1. The number of hydrogen-bond donors (Lipinski definition) is 0. The zero-order chi connectivity index (χ0) is 14.3. The predicted molar refractivity (Wildman–Crippen MR) is 64.2 cm³/mol. The lowest BCUT2D eigenvalue weighted by Gasteiger charge is -1.89. The minimum atomic E-state index is -0.799. The third-order valence-electron chi connectivity index (χ3n) is 2.02. The lowest BCUT2D eigenvalue weighted by molar-refractivity contribution is -0.387. The van der Waals surface area contributed by atoms with Crippen LogP contribution in [0.2, 0.25) is 0 Å². The van der Waals surface area contributed by atoms with Gasteiger partial charge in [0.25, 0.3) is 0 Å². The average molecular weight is 262 g/mol. The van der Waals surface area contributed by atoms with Crippen molar-refractivity contribution in [3.05, 3.63) is 75.8 Å². The Morgan fingerprint density at radius 1 is 1.05 bits per heavy atom. The molecule has 0 atom stereocenters. The molecule has 19 heavy (non-hydrogen) atoms. The molecule has 0 radical (unpaired) electrons. The van der Waals surface area contributed by atoms with Crippen LogP contribution in [0.1, 0.15) is 5.56 Å². The maximum atomic E-state index is 12.4. The molecule has 0 aliphatic rings. The van der Waals surface area contributed by atoms with Gasteiger partial charge < -0.3 is 0 Å². The minimum absolute atomic E-state index is 0.311. The Labute approximate surface area is 107 Å². The molecule has 4 nitrogen and oxygen atoms in total. The maximum Gasteiger partial charge on any atom is 0.304 e. The minimum Gasteiger partial charge on any atom is -0.258 e. The van der Waals surface area contributed by atoms with Gasteiger partial charge >= 0.3 is 5.69 Å². The van der Waals surface area contributed by atoms with Gasteiger partial charge in [0.2, 0.25) is 5.82 Å². The molecule has 0 aliphatic heterocycles. The number of nitrogens with zero attached hydrogens (tertiary/aromatic N) is 2. The first-order valence-electron chi connectivity index (χ1n) is 5.09. The quantitative estimate of drug-likeness (QED) is 0.584. The van der Waals surface area contributed by atoms with Crippen molar-refractivity contribution in [2.24, 2.45) is 0 Å². The SMILES string of the molecule is N#Cc1ccc(F)cc1.O=[N+]([O-])c1ccccc1F. The zero-order valence-corrected chi connectivity index (χ0v) is 9.59. The van der Waals surface area contributed by atoms with Crippen molar-refractivity contribution < 1.29 is 13.7 Å². The summed E-state index contributed by atoms with van der Waals surface area (Å²) in [5, 5.41) is 18.2. The van der Waals surface area contributed by atoms with Crippen LogP contribution in [0.3, 0.4) is 0 Å². The number of benzene rings is 2. The molecule has 0 saturated heterocycles. The highest BCUT2D eigenvalue weighted by Crippen LogP contribution is 2.14. The van der Waals surface area contributed by atoms with Crippen molar-refractivity contribution in [3.8, 4) is 6.07 Å². The first-order valence-corrected chi connectivity index (χ1v) is 5.09. The summed E-state index contributed by atoms with van der Waals surface area (Å²) in [7, 11) is 0. The van der Waals surface area contributed by atoms with Crippen LogP contribution in [0, 0.1) is 33.1 Å². The average Bonchev–Trinajstić information content (AvgIpc) is 2.40. The summed E-state index contributed by atoms with van der Waals surface area (Å²) in [5.41, 5.74) is -0.00102. The van der Waals surface area contributed by atoms with E-state index in [0.717, 1.165) is 12.1 Å². The van der Waals surface area contributed by atoms with Crippen LogP contribution in [0.4, 0.5) is 14.5 Å². The second kappa shape index (κ2) is 6.81. The Kier molecular flexibility index (Phi) is 5.11. The van der Waals surface area contributed by atoms with Gasteiger partial charge in [-0.15, -0.1) is 0 Å². The van der Waals surface area contributed by atoms with Gasteiger partial charge in [-0.1, -0.05) is 12.1 Å². The molecule has 0 bridgehead atoms. The van der Waals surface area contributed by atoms with Crippen molar-refractivity contribution >= 4 is 5.69 Å². The molecule has 2 aromatic rings. The van der Waals surface area contributed by atoms with Crippen molar-refractivity contribution in [3.63, 3.8) is 0 Å². The Balaban J connectivity index is 0.000000191. The molecule has 2 rings (SSSR count). The fraction of sp³-hybridized carbons (Fsp3) is 0. The highest BCUT2D eigenvalue weighted by atomic mass is 19.1. The van der Waals surface area contributed by atoms with E-state index in [1.165, 1.54) is 36.4 Å². The Morgan fingerprint density at radius 3 is 2.05 bits per heavy atom. The molecule has 0 fully saturated rings. The fourth-order valence-corrected chi connectivity index (χ4v) is 1.12.